The number of rotatable bonds is 5. The van der Waals surface area contributed by atoms with Gasteiger partial charge in [-0.2, -0.15) is 0 Å². The summed E-state index contributed by atoms with van der Waals surface area (Å²) in [5.41, 5.74) is 2.22. The molecule has 1 aliphatic rings. The number of nitrogens with zero attached hydrogens (tertiary/aromatic N) is 2. The molecule has 1 aliphatic heterocycles. The molecule has 0 bridgehead atoms. The molecule has 3 aromatic carbocycles. The third-order valence-corrected chi connectivity index (χ3v) is 5.14. The summed E-state index contributed by atoms with van der Waals surface area (Å²) in [6, 6.07) is 18.5. The molecule has 8 nitrogen and oxygen atoms in total. The Bertz CT molecular complexity index is 1290. The van der Waals surface area contributed by atoms with Gasteiger partial charge in [-0.25, -0.2) is 9.69 Å². The normalized spacial score (nSPS) is 14.2. The van der Waals surface area contributed by atoms with Crippen molar-refractivity contribution in [2.24, 2.45) is 0 Å². The molecule has 0 saturated carbocycles. The Morgan fingerprint density at radius 1 is 0.939 bits per heavy atom. The third kappa shape index (κ3) is 4.14. The van der Waals surface area contributed by atoms with Crippen molar-refractivity contribution >= 4 is 40.8 Å². The smallest absolute Gasteiger partial charge is 0.338 e. The van der Waals surface area contributed by atoms with Crippen LogP contribution in [0.1, 0.15) is 38.8 Å². The number of esters is 1. The number of amides is 2. The number of ether oxygens (including phenoxy) is 1. The lowest BCUT2D eigenvalue weighted by Gasteiger charge is -2.28. The molecule has 0 N–H and O–H groups in total. The second-order valence-electron chi connectivity index (χ2n) is 7.17. The Morgan fingerprint density at radius 3 is 2.18 bits per heavy atom. The summed E-state index contributed by atoms with van der Waals surface area (Å²) >= 11 is 0. The van der Waals surface area contributed by atoms with E-state index in [0.29, 0.717) is 27.9 Å². The van der Waals surface area contributed by atoms with E-state index in [2.05, 4.69) is 0 Å². The number of fused-ring (bicyclic) bond motifs is 1. The molecule has 4 rings (SSSR count). The van der Waals surface area contributed by atoms with Gasteiger partial charge in [-0.3, -0.25) is 19.7 Å². The zero-order valence-corrected chi connectivity index (χ0v) is 17.6. The first-order valence-electron chi connectivity index (χ1n) is 10.1. The maximum Gasteiger partial charge on any atom is 0.338 e. The Morgan fingerprint density at radius 2 is 1.58 bits per heavy atom. The molecule has 0 fully saturated rings. The number of carbonyl (C=O) groups is 3. The van der Waals surface area contributed by atoms with E-state index < -0.39 is 22.7 Å². The topological polar surface area (TPSA) is 107 Å². The lowest BCUT2D eigenvalue weighted by molar-refractivity contribution is -0.384. The van der Waals surface area contributed by atoms with Crippen LogP contribution in [0.25, 0.3) is 11.6 Å². The summed E-state index contributed by atoms with van der Waals surface area (Å²) in [4.78, 5) is 50.0. The largest absolute Gasteiger partial charge is 0.462 e. The molecule has 1 heterocycles. The summed E-state index contributed by atoms with van der Waals surface area (Å²) in [5, 5.41) is 10.9. The van der Waals surface area contributed by atoms with Crippen LogP contribution in [-0.2, 0) is 9.53 Å². The average Bonchev–Trinajstić information content (AvgIpc) is 2.83. The van der Waals surface area contributed by atoms with Crippen LogP contribution in [0.15, 0.2) is 72.8 Å². The maximum atomic E-state index is 13.4. The van der Waals surface area contributed by atoms with E-state index >= 15 is 0 Å². The second kappa shape index (κ2) is 8.88. The van der Waals surface area contributed by atoms with E-state index in [-0.39, 0.29) is 17.9 Å². The van der Waals surface area contributed by atoms with Crippen LogP contribution < -0.4 is 4.90 Å². The fraction of sp³-hybridized carbons (Fsp3) is 0.0800. The molecule has 0 radical (unpaired) electrons. The van der Waals surface area contributed by atoms with Crippen LogP contribution in [-0.4, -0.2) is 29.3 Å². The van der Waals surface area contributed by atoms with Gasteiger partial charge in [-0.05, 0) is 66.6 Å². The van der Waals surface area contributed by atoms with Crippen LogP contribution in [0.5, 0.6) is 0 Å². The maximum absolute atomic E-state index is 13.4. The molecule has 33 heavy (non-hydrogen) atoms. The SMILES string of the molecule is CCOC(=O)c1ccc(N2C(=O)/C(=C\c3ccc([N+](=O)[O-])cc3)c3ccccc3C2=O)cc1. The van der Waals surface area contributed by atoms with Gasteiger partial charge in [0.25, 0.3) is 17.5 Å². The van der Waals surface area contributed by atoms with Crippen LogP contribution in [0.2, 0.25) is 0 Å². The Hall–Kier alpha value is -4.59. The van der Waals surface area contributed by atoms with Gasteiger partial charge in [0.2, 0.25) is 0 Å². The minimum Gasteiger partial charge on any atom is -0.462 e. The average molecular weight is 442 g/mol. The van der Waals surface area contributed by atoms with Crippen molar-refractivity contribution < 1.29 is 24.0 Å². The van der Waals surface area contributed by atoms with Gasteiger partial charge in [0.15, 0.2) is 0 Å². The molecule has 0 aliphatic carbocycles. The first kappa shape index (κ1) is 21.6. The fourth-order valence-corrected chi connectivity index (χ4v) is 3.55. The van der Waals surface area contributed by atoms with Crippen molar-refractivity contribution in [3.05, 3.63) is 105 Å². The van der Waals surface area contributed by atoms with Crippen molar-refractivity contribution in [1.29, 1.82) is 0 Å². The van der Waals surface area contributed by atoms with E-state index in [4.69, 9.17) is 4.74 Å². The Balaban J connectivity index is 1.76. The summed E-state index contributed by atoms with van der Waals surface area (Å²) in [7, 11) is 0. The lowest BCUT2D eigenvalue weighted by Crippen LogP contribution is -2.41. The number of nitro groups is 1. The molecule has 0 aromatic heterocycles. The van der Waals surface area contributed by atoms with Gasteiger partial charge < -0.3 is 4.74 Å². The molecular formula is C25H18N2O6. The van der Waals surface area contributed by atoms with E-state index in [1.165, 1.54) is 48.5 Å². The zero-order valence-electron chi connectivity index (χ0n) is 17.6. The second-order valence-corrected chi connectivity index (χ2v) is 7.17. The van der Waals surface area contributed by atoms with Crippen LogP contribution in [0.4, 0.5) is 11.4 Å². The summed E-state index contributed by atoms with van der Waals surface area (Å²) in [6.07, 6.45) is 1.59. The number of carbonyl (C=O) groups excluding carboxylic acids is 3. The number of benzene rings is 3. The Kier molecular flexibility index (Phi) is 5.82. The van der Waals surface area contributed by atoms with Gasteiger partial charge in [0.1, 0.15) is 0 Å². The number of hydrogen-bond acceptors (Lipinski definition) is 6. The summed E-state index contributed by atoms with van der Waals surface area (Å²) in [5.74, 6) is -1.52. The van der Waals surface area contributed by atoms with E-state index in [1.54, 1.807) is 37.3 Å². The van der Waals surface area contributed by atoms with Crippen molar-refractivity contribution in [3.63, 3.8) is 0 Å². The number of hydrogen-bond donors (Lipinski definition) is 0. The van der Waals surface area contributed by atoms with Crippen molar-refractivity contribution in [2.75, 3.05) is 11.5 Å². The number of anilines is 1. The van der Waals surface area contributed by atoms with E-state index in [0.717, 1.165) is 4.90 Å². The fourth-order valence-electron chi connectivity index (χ4n) is 3.55. The minimum absolute atomic E-state index is 0.0639. The quantitative estimate of drug-likeness (QED) is 0.189. The summed E-state index contributed by atoms with van der Waals surface area (Å²) in [6.45, 7) is 1.94. The molecule has 2 amide bonds. The monoisotopic (exact) mass is 442 g/mol. The highest BCUT2D eigenvalue weighted by Crippen LogP contribution is 2.33. The van der Waals surface area contributed by atoms with E-state index in [9.17, 15) is 24.5 Å². The molecule has 0 unspecified atom stereocenters. The van der Waals surface area contributed by atoms with Crippen molar-refractivity contribution in [3.8, 4) is 0 Å². The minimum atomic E-state index is -0.541. The molecule has 3 aromatic rings. The standard InChI is InChI=1S/C25H18N2O6/c1-2-33-25(30)17-9-13-18(14-10-17)26-23(28)21-6-4-3-5-20(21)22(24(26)29)15-16-7-11-19(12-8-16)27(31)32/h3-15H,2H2,1H3/b22-15-. The van der Waals surface area contributed by atoms with E-state index in [1.807, 2.05) is 0 Å². The van der Waals surface area contributed by atoms with Gasteiger partial charge >= 0.3 is 5.97 Å². The summed E-state index contributed by atoms with van der Waals surface area (Å²) < 4.78 is 4.97. The van der Waals surface area contributed by atoms with Gasteiger partial charge in [-0.1, -0.05) is 18.2 Å². The van der Waals surface area contributed by atoms with Crippen molar-refractivity contribution in [2.45, 2.75) is 6.92 Å². The van der Waals surface area contributed by atoms with Crippen LogP contribution in [0.3, 0.4) is 0 Å². The highest BCUT2D eigenvalue weighted by molar-refractivity contribution is 6.43. The van der Waals surface area contributed by atoms with Crippen LogP contribution in [0, 0.1) is 10.1 Å². The number of nitro benzene ring substituents is 1. The van der Waals surface area contributed by atoms with Crippen molar-refractivity contribution in [1.82, 2.24) is 0 Å². The molecule has 0 atom stereocenters. The van der Waals surface area contributed by atoms with Gasteiger partial charge in [-0.15, -0.1) is 0 Å². The Labute approximate surface area is 188 Å². The van der Waals surface area contributed by atoms with Gasteiger partial charge in [0, 0.05) is 23.3 Å². The molecule has 164 valence electrons. The molecule has 0 saturated heterocycles. The predicted molar refractivity (Wildman–Crippen MR) is 122 cm³/mol. The molecule has 8 heteroatoms. The first-order chi connectivity index (χ1) is 15.9. The lowest BCUT2D eigenvalue weighted by atomic mass is 9.91. The predicted octanol–water partition coefficient (Wildman–Crippen LogP) is 4.50. The highest BCUT2D eigenvalue weighted by atomic mass is 16.6. The van der Waals surface area contributed by atoms with Gasteiger partial charge in [0.05, 0.1) is 22.8 Å². The van der Waals surface area contributed by atoms with Crippen LogP contribution >= 0.6 is 0 Å². The zero-order chi connectivity index (χ0) is 23.5. The number of imide groups is 1. The first-order valence-corrected chi connectivity index (χ1v) is 10.1. The third-order valence-electron chi connectivity index (χ3n) is 5.14. The molecular weight excluding hydrogens is 424 g/mol. The molecule has 0 spiro atoms. The highest BCUT2D eigenvalue weighted by Gasteiger charge is 2.35. The number of non-ortho nitro benzene ring substituents is 1.